The van der Waals surface area contributed by atoms with Gasteiger partial charge in [-0.25, -0.2) is 0 Å². The first-order valence-electron chi connectivity index (χ1n) is 3.59. The minimum Gasteiger partial charge on any atom is -0.479 e. The van der Waals surface area contributed by atoms with Gasteiger partial charge in [0.05, 0.1) is 7.11 Å². The molecule has 0 unspecified atom stereocenters. The Kier molecular flexibility index (Phi) is 3.14. The third-order valence-corrected chi connectivity index (χ3v) is 1.39. The van der Waals surface area contributed by atoms with Crippen LogP contribution in [0.5, 0.6) is 0 Å². The molecule has 0 N–H and O–H groups in total. The maximum absolute atomic E-state index is 5.00. The zero-order valence-electron chi connectivity index (χ0n) is 7.15. The molecule has 1 aromatic rings. The number of hydrogen-bond donors (Lipinski definition) is 0. The molecule has 0 spiro atoms. The predicted octanol–water partition coefficient (Wildman–Crippen LogP) is 1.64. The Labute approximate surface area is 71.6 Å². The molecular formula is C9H11NO2. The second kappa shape index (κ2) is 4.38. The Hall–Kier alpha value is -1.51. The number of hydrogen-bond acceptors (Lipinski definition) is 3. The summed E-state index contributed by atoms with van der Waals surface area (Å²) in [7, 11) is 3.05. The van der Waals surface area contributed by atoms with Gasteiger partial charge in [-0.05, 0) is 17.3 Å². The van der Waals surface area contributed by atoms with E-state index >= 15 is 0 Å². The lowest BCUT2D eigenvalue weighted by Gasteiger charge is -2.02. The molecule has 0 bridgehead atoms. The summed E-state index contributed by atoms with van der Waals surface area (Å²) < 4.78 is 5.00. The van der Waals surface area contributed by atoms with Crippen LogP contribution in [0.4, 0.5) is 0 Å². The van der Waals surface area contributed by atoms with Crippen molar-refractivity contribution in [2.24, 2.45) is 5.16 Å². The van der Waals surface area contributed by atoms with Gasteiger partial charge < -0.3 is 9.57 Å². The molecule has 3 heteroatoms. The van der Waals surface area contributed by atoms with Gasteiger partial charge in [-0.2, -0.15) is 0 Å². The molecule has 0 aliphatic carbocycles. The molecule has 0 aliphatic rings. The topological polar surface area (TPSA) is 30.8 Å². The van der Waals surface area contributed by atoms with Crippen LogP contribution >= 0.6 is 0 Å². The van der Waals surface area contributed by atoms with Crippen LogP contribution in [0.3, 0.4) is 0 Å². The molecule has 0 aliphatic heterocycles. The van der Waals surface area contributed by atoms with E-state index < -0.39 is 0 Å². The van der Waals surface area contributed by atoms with Gasteiger partial charge in [-0.3, -0.25) is 0 Å². The normalized spacial score (nSPS) is 11.0. The third-order valence-electron chi connectivity index (χ3n) is 1.39. The van der Waals surface area contributed by atoms with Crippen LogP contribution in [-0.2, 0) is 9.57 Å². The Bertz CT molecular complexity index is 256. The molecule has 0 amide bonds. The summed E-state index contributed by atoms with van der Waals surface area (Å²) in [5.41, 5.74) is 0.904. The van der Waals surface area contributed by atoms with E-state index in [1.807, 2.05) is 30.3 Å². The Morgan fingerprint density at radius 3 is 2.33 bits per heavy atom. The smallest absolute Gasteiger partial charge is 0.257 e. The first-order chi connectivity index (χ1) is 5.88. The molecular weight excluding hydrogens is 154 g/mol. The molecule has 0 atom stereocenters. The van der Waals surface area contributed by atoms with E-state index in [-0.39, 0.29) is 0 Å². The molecule has 1 rings (SSSR count). The number of methoxy groups -OCH3 is 1. The van der Waals surface area contributed by atoms with Crippen LogP contribution < -0.4 is 0 Å². The molecule has 3 nitrogen and oxygen atoms in total. The van der Waals surface area contributed by atoms with E-state index in [2.05, 4.69) is 9.99 Å². The largest absolute Gasteiger partial charge is 0.479 e. The van der Waals surface area contributed by atoms with Gasteiger partial charge in [-0.15, -0.1) is 0 Å². The summed E-state index contributed by atoms with van der Waals surface area (Å²) >= 11 is 0. The van der Waals surface area contributed by atoms with Crippen molar-refractivity contribution in [1.82, 2.24) is 0 Å². The lowest BCUT2D eigenvalue weighted by atomic mass is 10.2. The van der Waals surface area contributed by atoms with Crippen LogP contribution in [0.1, 0.15) is 5.56 Å². The van der Waals surface area contributed by atoms with E-state index in [1.165, 1.54) is 7.11 Å². The monoisotopic (exact) mass is 165 g/mol. The van der Waals surface area contributed by atoms with Crippen molar-refractivity contribution >= 4 is 5.90 Å². The molecule has 12 heavy (non-hydrogen) atoms. The van der Waals surface area contributed by atoms with Crippen LogP contribution in [-0.4, -0.2) is 20.1 Å². The molecule has 0 radical (unpaired) electrons. The Morgan fingerprint density at radius 2 is 1.83 bits per heavy atom. The summed E-state index contributed by atoms with van der Waals surface area (Å²) in [6.45, 7) is 0. The van der Waals surface area contributed by atoms with Gasteiger partial charge in [0.1, 0.15) is 7.11 Å². The second-order valence-electron chi connectivity index (χ2n) is 2.15. The molecule has 0 saturated carbocycles. The van der Waals surface area contributed by atoms with Crippen LogP contribution in [0.2, 0.25) is 0 Å². The predicted molar refractivity (Wildman–Crippen MR) is 47.0 cm³/mol. The summed E-state index contributed by atoms with van der Waals surface area (Å²) in [4.78, 5) is 4.61. The molecule has 1 aromatic carbocycles. The number of ether oxygens (including phenoxy) is 1. The maximum Gasteiger partial charge on any atom is 0.257 e. The van der Waals surface area contributed by atoms with Gasteiger partial charge >= 0.3 is 0 Å². The molecule has 0 saturated heterocycles. The van der Waals surface area contributed by atoms with Crippen molar-refractivity contribution in [3.05, 3.63) is 35.9 Å². The van der Waals surface area contributed by atoms with Gasteiger partial charge in [0.15, 0.2) is 0 Å². The zero-order chi connectivity index (χ0) is 8.81. The van der Waals surface area contributed by atoms with E-state index in [9.17, 15) is 0 Å². The van der Waals surface area contributed by atoms with Crippen LogP contribution in [0.25, 0.3) is 0 Å². The summed E-state index contributed by atoms with van der Waals surface area (Å²) in [5.74, 6) is 0.484. The quantitative estimate of drug-likeness (QED) is 0.379. The first-order valence-corrected chi connectivity index (χ1v) is 3.59. The highest BCUT2D eigenvalue weighted by atomic mass is 16.6. The van der Waals surface area contributed by atoms with Gasteiger partial charge in [0, 0.05) is 5.56 Å². The lowest BCUT2D eigenvalue weighted by molar-refractivity contribution is 0.200. The summed E-state index contributed by atoms with van der Waals surface area (Å²) in [6, 6.07) is 9.57. The van der Waals surface area contributed by atoms with Crippen LogP contribution in [0.15, 0.2) is 35.5 Å². The Balaban J connectivity index is 2.88. The summed E-state index contributed by atoms with van der Waals surface area (Å²) in [6.07, 6.45) is 0. The maximum atomic E-state index is 5.00. The molecule has 0 aromatic heterocycles. The minimum atomic E-state index is 0.484. The minimum absolute atomic E-state index is 0.484. The standard InChI is InChI=1S/C9H11NO2/c1-11-9(10-12-2)8-6-4-3-5-7-8/h3-7H,1-2H3/b10-9-. The third kappa shape index (κ3) is 1.99. The average molecular weight is 165 g/mol. The van der Waals surface area contributed by atoms with Gasteiger partial charge in [0.25, 0.3) is 5.90 Å². The van der Waals surface area contributed by atoms with E-state index in [0.29, 0.717) is 5.90 Å². The van der Waals surface area contributed by atoms with Crippen molar-refractivity contribution in [3.8, 4) is 0 Å². The van der Waals surface area contributed by atoms with Crippen molar-refractivity contribution in [1.29, 1.82) is 0 Å². The lowest BCUT2D eigenvalue weighted by Crippen LogP contribution is -2.03. The fourth-order valence-electron chi connectivity index (χ4n) is 0.871. The van der Waals surface area contributed by atoms with Gasteiger partial charge in [0.2, 0.25) is 0 Å². The van der Waals surface area contributed by atoms with Crippen molar-refractivity contribution in [2.45, 2.75) is 0 Å². The SMILES string of the molecule is CO/N=C(\OC)c1ccccc1. The fourth-order valence-corrected chi connectivity index (χ4v) is 0.871. The molecule has 64 valence electrons. The molecule has 0 heterocycles. The number of nitrogens with zero attached hydrogens (tertiary/aromatic N) is 1. The van der Waals surface area contributed by atoms with Crippen molar-refractivity contribution < 1.29 is 9.57 Å². The first kappa shape index (κ1) is 8.59. The van der Waals surface area contributed by atoms with Gasteiger partial charge in [-0.1, -0.05) is 18.2 Å². The number of oxime groups is 1. The summed E-state index contributed by atoms with van der Waals surface area (Å²) in [5, 5.41) is 3.71. The number of rotatable bonds is 2. The average Bonchev–Trinajstić information content (AvgIpc) is 2.15. The second-order valence-corrected chi connectivity index (χ2v) is 2.15. The highest BCUT2D eigenvalue weighted by molar-refractivity contribution is 5.93. The fraction of sp³-hybridized carbons (Fsp3) is 0.222. The zero-order valence-corrected chi connectivity index (χ0v) is 7.15. The van der Waals surface area contributed by atoms with Crippen LogP contribution in [0, 0.1) is 0 Å². The van der Waals surface area contributed by atoms with E-state index in [1.54, 1.807) is 7.11 Å². The molecule has 0 fully saturated rings. The number of benzene rings is 1. The van der Waals surface area contributed by atoms with Crippen molar-refractivity contribution in [2.75, 3.05) is 14.2 Å². The highest BCUT2D eigenvalue weighted by Crippen LogP contribution is 2.01. The van der Waals surface area contributed by atoms with E-state index in [0.717, 1.165) is 5.56 Å². The van der Waals surface area contributed by atoms with Crippen molar-refractivity contribution in [3.63, 3.8) is 0 Å². The van der Waals surface area contributed by atoms with E-state index in [4.69, 9.17) is 4.74 Å². The highest BCUT2D eigenvalue weighted by Gasteiger charge is 2.00. The Morgan fingerprint density at radius 1 is 1.17 bits per heavy atom.